The molecule has 16 rings (SSSR count). The lowest BCUT2D eigenvalue weighted by Crippen LogP contribution is -2.26. The van der Waals surface area contributed by atoms with Crippen LogP contribution in [-0.4, -0.2) is 38.7 Å². The fourth-order valence-electron chi connectivity index (χ4n) is 13.6. The molecule has 0 aliphatic rings. The molecular weight excluding hydrogens is 1760 g/mol. The number of aromatic nitrogens is 4. The molecular formula is C93H74Br2F2N4O16S4. The van der Waals surface area contributed by atoms with Crippen LogP contribution in [0.1, 0.15) is 85.1 Å². The van der Waals surface area contributed by atoms with Crippen LogP contribution in [0.3, 0.4) is 0 Å². The van der Waals surface area contributed by atoms with Gasteiger partial charge in [0, 0.05) is 76.5 Å². The Balaban J connectivity index is 0.000000139. The van der Waals surface area contributed by atoms with Gasteiger partial charge in [-0.2, -0.15) is 0 Å². The predicted molar refractivity (Wildman–Crippen MR) is 479 cm³/mol. The SMILES string of the molecule is CC(C)n1c(-c2ccccc2)cc2oc(=O)c(Sc3ccc(F)cc3)c(O)c2c1=O.CC(C)n1c(-c2ccccc2)cc2oc(=O)c(Sc3cccc(F)c3)c(O)c2c1=O.CC(C)n1c(-c2ccccc2)cc2oc(=O)c(Sc3ccccc3Br)c(O)c2c1=O.Cc1c(-c2ccccc2)n(C(C)C)c(=O)c2c(O)c(Sc3cccc(Br)c3)c(=O)oc12. The molecule has 0 spiro atoms. The summed E-state index contributed by atoms with van der Waals surface area (Å²) in [6.45, 7) is 16.9. The monoisotopic (exact) mass is 1830 g/mol. The zero-order valence-corrected chi connectivity index (χ0v) is 72.4. The summed E-state index contributed by atoms with van der Waals surface area (Å²) in [5.74, 6) is -2.50. The molecule has 8 heterocycles. The van der Waals surface area contributed by atoms with Crippen LogP contribution in [0.5, 0.6) is 23.0 Å². The van der Waals surface area contributed by atoms with E-state index in [2.05, 4.69) is 31.9 Å². The number of pyridine rings is 4. The minimum Gasteiger partial charge on any atom is -0.505 e. The van der Waals surface area contributed by atoms with Gasteiger partial charge in [0.25, 0.3) is 22.2 Å². The first-order chi connectivity index (χ1) is 57.9. The zero-order valence-electron chi connectivity index (χ0n) is 65.9. The Morgan fingerprint density at radius 1 is 0.331 bits per heavy atom. The van der Waals surface area contributed by atoms with Crippen molar-refractivity contribution in [2.24, 2.45) is 0 Å². The van der Waals surface area contributed by atoms with E-state index in [4.69, 9.17) is 17.7 Å². The molecule has 8 aromatic heterocycles. The highest BCUT2D eigenvalue weighted by atomic mass is 79.9. The first-order valence-electron chi connectivity index (χ1n) is 37.7. The van der Waals surface area contributed by atoms with E-state index in [0.29, 0.717) is 38.1 Å². The summed E-state index contributed by atoms with van der Waals surface area (Å²) in [4.78, 5) is 106. The number of hydrogen-bond acceptors (Lipinski definition) is 20. The summed E-state index contributed by atoms with van der Waals surface area (Å²) < 4.78 is 56.6. The molecule has 0 fully saturated rings. The lowest BCUT2D eigenvalue weighted by molar-refractivity contribution is 0.443. The predicted octanol–water partition coefficient (Wildman–Crippen LogP) is 22.3. The van der Waals surface area contributed by atoms with Gasteiger partial charge in [0.1, 0.15) is 69.5 Å². The number of rotatable bonds is 16. The number of nitrogens with zero attached hydrogens (tertiary/aromatic N) is 4. The van der Waals surface area contributed by atoms with Gasteiger partial charge < -0.3 is 56.4 Å². The van der Waals surface area contributed by atoms with Crippen molar-refractivity contribution in [3.63, 3.8) is 0 Å². The first kappa shape index (κ1) is 86.7. The molecule has 614 valence electrons. The third-order valence-electron chi connectivity index (χ3n) is 19.0. The standard InChI is InChI=1S/C24H20BrNO4S.C23H18BrNO4S.2C23H18FNO4S/c1-13(2)26-19(15-8-5-4-6-9-15)14(3)21-18(23(26)28)20(27)22(24(29)30-21)31-17-11-7-10-16(25)12-17;1-13(2)25-16(14-8-4-3-5-9-14)12-17-19(22(25)27)20(26)21(23(28)29-17)30-18-11-7-6-10-15(18)24;1-13(2)25-17(14-7-4-3-5-8-14)12-18-19(22(25)27)20(26)21(23(28)29-18)30-16-10-6-9-15(24)11-16;1-13(2)25-17(14-6-4-3-5-7-14)12-18-19(22(25)27)20(26)21(23(28)29-18)30-16-10-8-15(24)9-11-16/h4-13,27H,1-3H3;3*3-13,26H,1-2H3. The number of halogens is 4. The van der Waals surface area contributed by atoms with Gasteiger partial charge >= 0.3 is 22.5 Å². The molecule has 8 aromatic carbocycles. The topological polar surface area (TPSA) is 290 Å². The van der Waals surface area contributed by atoms with Crippen LogP contribution >= 0.6 is 78.9 Å². The minimum absolute atomic E-state index is 0.00171. The average Bonchev–Trinajstić information content (AvgIpc) is 0.739. The normalized spacial score (nSPS) is 11.3. The van der Waals surface area contributed by atoms with Crippen molar-refractivity contribution >= 4 is 123 Å². The minimum atomic E-state index is -0.796. The number of fused-ring (bicyclic) bond motifs is 4. The fraction of sp³-hybridized carbons (Fsp3) is 0.140. The molecule has 0 saturated carbocycles. The smallest absolute Gasteiger partial charge is 0.354 e. The number of aromatic hydroxyl groups is 4. The highest BCUT2D eigenvalue weighted by Gasteiger charge is 2.30. The van der Waals surface area contributed by atoms with Crippen molar-refractivity contribution in [2.75, 3.05) is 0 Å². The van der Waals surface area contributed by atoms with Crippen LogP contribution in [-0.2, 0) is 0 Å². The molecule has 20 nitrogen and oxygen atoms in total. The fourth-order valence-corrected chi connectivity index (χ4v) is 18.2. The molecule has 28 heteroatoms. The van der Waals surface area contributed by atoms with Crippen LogP contribution in [0.2, 0.25) is 0 Å². The maximum atomic E-state index is 13.5. The van der Waals surface area contributed by atoms with E-state index in [1.807, 2.05) is 225 Å². The van der Waals surface area contributed by atoms with Gasteiger partial charge in [-0.15, -0.1) is 0 Å². The largest absolute Gasteiger partial charge is 0.505 e. The lowest BCUT2D eigenvalue weighted by atomic mass is 10.0. The first-order valence-corrected chi connectivity index (χ1v) is 42.5. The number of benzene rings is 8. The Kier molecular flexibility index (Phi) is 26.7. The Bertz CT molecular complexity index is 7180. The van der Waals surface area contributed by atoms with Gasteiger partial charge in [0.2, 0.25) is 0 Å². The van der Waals surface area contributed by atoms with E-state index in [1.165, 1.54) is 42.5 Å². The Hall–Kier alpha value is -12.2. The zero-order chi connectivity index (χ0) is 86.5. The van der Waals surface area contributed by atoms with E-state index in [-0.39, 0.29) is 99.1 Å². The van der Waals surface area contributed by atoms with Crippen molar-refractivity contribution in [1.29, 1.82) is 0 Å². The summed E-state index contributed by atoms with van der Waals surface area (Å²) in [5, 5.41) is 43.5. The second-order valence-corrected chi connectivity index (χ2v) is 34.6. The Morgan fingerprint density at radius 3 is 1.06 bits per heavy atom. The lowest BCUT2D eigenvalue weighted by Gasteiger charge is -2.21. The molecule has 0 unspecified atom stereocenters. The van der Waals surface area contributed by atoms with Gasteiger partial charge in [-0.3, -0.25) is 19.2 Å². The summed E-state index contributed by atoms with van der Waals surface area (Å²) in [5.41, 5.74) is 1.84. The van der Waals surface area contributed by atoms with Crippen LogP contribution in [0.15, 0.2) is 341 Å². The van der Waals surface area contributed by atoms with Gasteiger partial charge in [-0.1, -0.05) is 209 Å². The highest BCUT2D eigenvalue weighted by Crippen LogP contribution is 2.44. The van der Waals surface area contributed by atoms with Crippen molar-refractivity contribution in [3.8, 4) is 68.0 Å². The third kappa shape index (κ3) is 18.3. The maximum absolute atomic E-state index is 13.5. The second kappa shape index (κ2) is 37.2. The quantitative estimate of drug-likeness (QED) is 0.0699. The third-order valence-corrected chi connectivity index (χ3v) is 24.8. The molecule has 121 heavy (non-hydrogen) atoms. The van der Waals surface area contributed by atoms with Gasteiger partial charge in [0.15, 0.2) is 28.6 Å². The van der Waals surface area contributed by atoms with Crippen LogP contribution in [0.25, 0.3) is 88.9 Å². The second-order valence-electron chi connectivity index (χ2n) is 28.5. The van der Waals surface area contributed by atoms with Crippen molar-refractivity contribution < 1.29 is 46.9 Å². The number of hydrogen-bond donors (Lipinski definition) is 4. The van der Waals surface area contributed by atoms with E-state index >= 15 is 0 Å². The average molecular weight is 1830 g/mol. The Morgan fingerprint density at radius 2 is 0.669 bits per heavy atom. The highest BCUT2D eigenvalue weighted by molar-refractivity contribution is 9.10. The molecule has 0 aliphatic carbocycles. The van der Waals surface area contributed by atoms with Crippen LogP contribution < -0.4 is 44.7 Å². The van der Waals surface area contributed by atoms with Gasteiger partial charge in [-0.25, -0.2) is 28.0 Å². The molecule has 0 atom stereocenters. The van der Waals surface area contributed by atoms with Crippen molar-refractivity contribution in [2.45, 2.75) is 126 Å². The van der Waals surface area contributed by atoms with E-state index in [1.54, 1.807) is 49.5 Å². The molecule has 0 bridgehead atoms. The van der Waals surface area contributed by atoms with E-state index < -0.39 is 67.9 Å². The molecule has 4 N–H and O–H groups in total. The Labute approximate surface area is 722 Å². The molecule has 0 radical (unpaired) electrons. The molecule has 0 amide bonds. The molecule has 16 aromatic rings. The molecule has 0 saturated heterocycles. The van der Waals surface area contributed by atoms with Gasteiger partial charge in [-0.05, 0) is 173 Å². The van der Waals surface area contributed by atoms with Crippen LogP contribution in [0.4, 0.5) is 8.78 Å². The molecule has 0 aliphatic heterocycles. The van der Waals surface area contributed by atoms with Crippen molar-refractivity contribution in [3.05, 3.63) is 346 Å². The summed E-state index contributed by atoms with van der Waals surface area (Å²) >= 11 is 10.7. The number of aryl methyl sites for hydroxylation is 1. The van der Waals surface area contributed by atoms with Gasteiger partial charge in [0.05, 0.1) is 22.8 Å². The van der Waals surface area contributed by atoms with Crippen molar-refractivity contribution in [1.82, 2.24) is 18.3 Å². The van der Waals surface area contributed by atoms with Crippen LogP contribution in [0, 0.1) is 18.6 Å². The summed E-state index contributed by atoms with van der Waals surface area (Å²) in [6, 6.07) is 67.2. The van der Waals surface area contributed by atoms with E-state index in [9.17, 15) is 67.6 Å². The summed E-state index contributed by atoms with van der Waals surface area (Å²) in [7, 11) is 0. The van der Waals surface area contributed by atoms with E-state index in [0.717, 1.165) is 88.0 Å². The summed E-state index contributed by atoms with van der Waals surface area (Å²) in [6.07, 6.45) is 0. The maximum Gasteiger partial charge on any atom is 0.354 e.